The number of hydrogen-bond acceptors (Lipinski definition) is 4. The number of ether oxygens (including phenoxy) is 2. The normalized spacial score (nSPS) is 18.9. The van der Waals surface area contributed by atoms with E-state index in [2.05, 4.69) is 10.6 Å². The lowest BCUT2D eigenvalue weighted by Gasteiger charge is -2.23. The first-order valence-electron chi connectivity index (χ1n) is 6.15. The highest BCUT2D eigenvalue weighted by Crippen LogP contribution is 2.27. The molecule has 0 bridgehead atoms. The van der Waals surface area contributed by atoms with Crippen molar-refractivity contribution in [3.63, 3.8) is 0 Å². The first-order valence-corrected chi connectivity index (χ1v) is 6.52. The summed E-state index contributed by atoms with van der Waals surface area (Å²) >= 11 is 5.99. The third-order valence-corrected chi connectivity index (χ3v) is 3.15. The number of carbonyl (C=O) groups excluding carboxylic acids is 1. The summed E-state index contributed by atoms with van der Waals surface area (Å²) in [5, 5.41) is 6.45. The Labute approximate surface area is 117 Å². The number of hydrogen-bond donors (Lipinski definition) is 2. The fourth-order valence-electron chi connectivity index (χ4n) is 1.91. The lowest BCUT2D eigenvalue weighted by molar-refractivity contribution is -0.119. The second-order valence-electron chi connectivity index (χ2n) is 4.30. The quantitative estimate of drug-likeness (QED) is 0.883. The third-order valence-electron chi connectivity index (χ3n) is 2.85. The molecule has 1 unspecified atom stereocenters. The number of morpholine rings is 1. The first kappa shape index (κ1) is 14.1. The van der Waals surface area contributed by atoms with Crippen LogP contribution in [0.15, 0.2) is 18.2 Å². The molecule has 2 rings (SSSR count). The van der Waals surface area contributed by atoms with Crippen molar-refractivity contribution >= 4 is 23.2 Å². The third kappa shape index (κ3) is 4.09. The molecule has 1 amide bonds. The number of rotatable bonds is 4. The van der Waals surface area contributed by atoms with Crippen LogP contribution >= 0.6 is 11.6 Å². The van der Waals surface area contributed by atoms with Crippen LogP contribution in [0.3, 0.4) is 0 Å². The van der Waals surface area contributed by atoms with Gasteiger partial charge in [-0.3, -0.25) is 4.79 Å². The summed E-state index contributed by atoms with van der Waals surface area (Å²) in [7, 11) is 1.55. The molecule has 0 radical (unpaired) electrons. The van der Waals surface area contributed by atoms with Crippen LogP contribution in [0.1, 0.15) is 6.42 Å². The summed E-state index contributed by atoms with van der Waals surface area (Å²) in [6.45, 7) is 2.19. The van der Waals surface area contributed by atoms with Gasteiger partial charge in [0, 0.05) is 18.8 Å². The molecular weight excluding hydrogens is 268 g/mol. The Kier molecular flexibility index (Phi) is 5.01. The predicted octanol–water partition coefficient (Wildman–Crippen LogP) is 1.67. The first-order chi connectivity index (χ1) is 9.19. The van der Waals surface area contributed by atoms with E-state index in [1.54, 1.807) is 25.3 Å². The van der Waals surface area contributed by atoms with E-state index in [0.29, 0.717) is 36.0 Å². The van der Waals surface area contributed by atoms with Crippen molar-refractivity contribution in [1.82, 2.24) is 5.32 Å². The lowest BCUT2D eigenvalue weighted by Crippen LogP contribution is -2.40. The van der Waals surface area contributed by atoms with Gasteiger partial charge in [-0.2, -0.15) is 0 Å². The van der Waals surface area contributed by atoms with Gasteiger partial charge in [-0.05, 0) is 18.2 Å². The Morgan fingerprint density at radius 2 is 2.47 bits per heavy atom. The van der Waals surface area contributed by atoms with Crippen LogP contribution in [0, 0.1) is 0 Å². The molecule has 19 heavy (non-hydrogen) atoms. The van der Waals surface area contributed by atoms with E-state index in [1.807, 2.05) is 0 Å². The van der Waals surface area contributed by atoms with Gasteiger partial charge in [0.15, 0.2) is 0 Å². The molecule has 1 aliphatic heterocycles. The molecule has 1 aromatic carbocycles. The smallest absolute Gasteiger partial charge is 0.227 e. The molecule has 2 N–H and O–H groups in total. The summed E-state index contributed by atoms with van der Waals surface area (Å²) in [6, 6.07) is 5.14. The molecule has 104 valence electrons. The Balaban J connectivity index is 1.89. The van der Waals surface area contributed by atoms with Gasteiger partial charge >= 0.3 is 0 Å². The molecule has 1 aliphatic rings. The number of methoxy groups -OCH3 is 1. The summed E-state index contributed by atoms with van der Waals surface area (Å²) in [6.07, 6.45) is 0.263. The second kappa shape index (κ2) is 6.75. The van der Waals surface area contributed by atoms with E-state index in [4.69, 9.17) is 21.1 Å². The van der Waals surface area contributed by atoms with Crippen molar-refractivity contribution in [2.75, 3.05) is 32.1 Å². The number of nitrogens with one attached hydrogen (secondary N) is 2. The monoisotopic (exact) mass is 284 g/mol. The van der Waals surface area contributed by atoms with E-state index < -0.39 is 0 Å². The van der Waals surface area contributed by atoms with Gasteiger partial charge in [-0.1, -0.05) is 11.6 Å². The molecule has 0 aromatic heterocycles. The van der Waals surface area contributed by atoms with Crippen molar-refractivity contribution in [2.45, 2.75) is 12.5 Å². The van der Waals surface area contributed by atoms with Crippen molar-refractivity contribution in [3.8, 4) is 5.75 Å². The van der Waals surface area contributed by atoms with Crippen LogP contribution in [-0.4, -0.2) is 38.8 Å². The molecule has 0 aliphatic carbocycles. The van der Waals surface area contributed by atoms with Gasteiger partial charge < -0.3 is 20.1 Å². The Morgan fingerprint density at radius 1 is 1.63 bits per heavy atom. The number of amides is 1. The predicted molar refractivity (Wildman–Crippen MR) is 73.9 cm³/mol. The molecule has 1 atom stereocenters. The van der Waals surface area contributed by atoms with Crippen molar-refractivity contribution < 1.29 is 14.3 Å². The molecule has 0 saturated carbocycles. The van der Waals surface area contributed by atoms with Crippen LogP contribution in [0.25, 0.3) is 0 Å². The minimum atomic E-state index is -0.0880. The molecular formula is C13H17ClN2O3. The molecule has 1 aromatic rings. The highest BCUT2D eigenvalue weighted by molar-refractivity contribution is 6.32. The van der Waals surface area contributed by atoms with E-state index in [-0.39, 0.29) is 12.0 Å². The fourth-order valence-corrected chi connectivity index (χ4v) is 2.17. The van der Waals surface area contributed by atoms with Crippen molar-refractivity contribution in [1.29, 1.82) is 0 Å². The molecule has 6 heteroatoms. The van der Waals surface area contributed by atoms with Crippen LogP contribution in [0.5, 0.6) is 5.75 Å². The number of halogens is 1. The Morgan fingerprint density at radius 3 is 3.11 bits per heavy atom. The summed E-state index contributed by atoms with van der Waals surface area (Å²) in [5.41, 5.74) is 0.652. The second-order valence-corrected chi connectivity index (χ2v) is 4.71. The largest absolute Gasteiger partial charge is 0.495 e. The van der Waals surface area contributed by atoms with E-state index in [1.165, 1.54) is 0 Å². The van der Waals surface area contributed by atoms with Crippen LogP contribution in [-0.2, 0) is 9.53 Å². The SMILES string of the molecule is COc1ccc(NC(=O)CC2CNCCO2)cc1Cl. The summed E-state index contributed by atoms with van der Waals surface area (Å²) in [5.74, 6) is 0.495. The van der Waals surface area contributed by atoms with Crippen molar-refractivity contribution in [3.05, 3.63) is 23.2 Å². The maximum atomic E-state index is 11.9. The molecule has 0 spiro atoms. The zero-order chi connectivity index (χ0) is 13.7. The number of benzene rings is 1. The lowest BCUT2D eigenvalue weighted by atomic mass is 10.2. The van der Waals surface area contributed by atoms with E-state index in [9.17, 15) is 4.79 Å². The number of carbonyl (C=O) groups is 1. The highest BCUT2D eigenvalue weighted by atomic mass is 35.5. The average molecular weight is 285 g/mol. The summed E-state index contributed by atoms with van der Waals surface area (Å²) < 4.78 is 10.5. The van der Waals surface area contributed by atoms with Gasteiger partial charge in [0.05, 0.1) is 31.3 Å². The Hall–Kier alpha value is -1.30. The molecule has 5 nitrogen and oxygen atoms in total. The standard InChI is InChI=1S/C13H17ClN2O3/c1-18-12-3-2-9(6-11(12)14)16-13(17)7-10-8-15-4-5-19-10/h2-3,6,10,15H,4-5,7-8H2,1H3,(H,16,17). The summed E-state index contributed by atoms with van der Waals surface area (Å²) in [4.78, 5) is 11.9. The molecule has 1 heterocycles. The topological polar surface area (TPSA) is 59.6 Å². The van der Waals surface area contributed by atoms with Crippen LogP contribution in [0.2, 0.25) is 5.02 Å². The van der Waals surface area contributed by atoms with Gasteiger partial charge in [-0.25, -0.2) is 0 Å². The maximum absolute atomic E-state index is 11.9. The van der Waals surface area contributed by atoms with E-state index in [0.717, 1.165) is 6.54 Å². The van der Waals surface area contributed by atoms with Crippen LogP contribution in [0.4, 0.5) is 5.69 Å². The highest BCUT2D eigenvalue weighted by Gasteiger charge is 2.17. The number of anilines is 1. The Bertz CT molecular complexity index is 448. The van der Waals surface area contributed by atoms with Crippen molar-refractivity contribution in [2.24, 2.45) is 0 Å². The minimum absolute atomic E-state index is 0.0672. The minimum Gasteiger partial charge on any atom is -0.495 e. The van der Waals surface area contributed by atoms with E-state index >= 15 is 0 Å². The average Bonchev–Trinajstić information content (AvgIpc) is 2.40. The zero-order valence-corrected chi connectivity index (χ0v) is 11.5. The molecule has 1 fully saturated rings. The van der Waals surface area contributed by atoms with Gasteiger partial charge in [0.25, 0.3) is 0 Å². The van der Waals surface area contributed by atoms with Crippen LogP contribution < -0.4 is 15.4 Å². The van der Waals surface area contributed by atoms with Gasteiger partial charge in [0.1, 0.15) is 5.75 Å². The van der Waals surface area contributed by atoms with Gasteiger partial charge in [0.2, 0.25) is 5.91 Å². The van der Waals surface area contributed by atoms with Gasteiger partial charge in [-0.15, -0.1) is 0 Å². The fraction of sp³-hybridized carbons (Fsp3) is 0.462. The maximum Gasteiger partial charge on any atom is 0.227 e. The molecule has 1 saturated heterocycles. The zero-order valence-electron chi connectivity index (χ0n) is 10.7.